The molecule has 0 saturated carbocycles. The number of nitrogens with zero attached hydrogens (tertiary/aromatic N) is 1. The first-order valence-electron chi connectivity index (χ1n) is 6.28. The largest absolute Gasteiger partial charge is 0.256 e. The van der Waals surface area contributed by atoms with Crippen molar-refractivity contribution < 1.29 is 0 Å². The second-order valence-corrected chi connectivity index (χ2v) is 5.03. The van der Waals surface area contributed by atoms with Crippen molar-refractivity contribution in [3.05, 3.63) is 42.1 Å². The first-order valence-corrected chi connectivity index (χ1v) is 6.71. The van der Waals surface area contributed by atoms with Gasteiger partial charge in [-0.1, -0.05) is 31.5 Å². The van der Waals surface area contributed by atoms with Gasteiger partial charge in [0.15, 0.2) is 0 Å². The lowest BCUT2D eigenvalue weighted by Crippen LogP contribution is -2.00. The molecule has 0 aliphatic rings. The van der Waals surface area contributed by atoms with E-state index >= 15 is 0 Å². The first-order chi connectivity index (χ1) is 8.31. The molecule has 2 rings (SSSR count). The van der Waals surface area contributed by atoms with E-state index in [2.05, 4.69) is 36.2 Å². The summed E-state index contributed by atoms with van der Waals surface area (Å²) in [5.74, 6) is 0. The monoisotopic (exact) mass is 247 g/mol. The maximum atomic E-state index is 6.27. The number of halogens is 1. The zero-order valence-electron chi connectivity index (χ0n) is 10.2. The van der Waals surface area contributed by atoms with E-state index in [1.165, 1.54) is 10.9 Å². The zero-order valence-corrected chi connectivity index (χ0v) is 11.0. The van der Waals surface area contributed by atoms with E-state index in [-0.39, 0.29) is 0 Å². The van der Waals surface area contributed by atoms with E-state index in [0.29, 0.717) is 5.38 Å². The number of rotatable bonds is 5. The molecule has 0 N–H and O–H groups in total. The molecule has 1 nitrogen and oxygen atoms in total. The van der Waals surface area contributed by atoms with E-state index in [1.54, 1.807) is 0 Å². The summed E-state index contributed by atoms with van der Waals surface area (Å²) in [6.07, 6.45) is 6.18. The third kappa shape index (κ3) is 3.19. The van der Waals surface area contributed by atoms with Crippen LogP contribution in [0.2, 0.25) is 0 Å². The molecular weight excluding hydrogens is 230 g/mol. The Balaban J connectivity index is 2.13. The van der Waals surface area contributed by atoms with Crippen LogP contribution in [0.5, 0.6) is 0 Å². The van der Waals surface area contributed by atoms with Gasteiger partial charge in [0.05, 0.1) is 5.52 Å². The predicted octanol–water partition coefficient (Wildman–Crippen LogP) is 4.57. The van der Waals surface area contributed by atoms with Crippen molar-refractivity contribution in [2.24, 2.45) is 0 Å². The lowest BCUT2D eigenvalue weighted by atomic mass is 10.0. The summed E-state index contributed by atoms with van der Waals surface area (Å²) in [7, 11) is 0. The molecule has 1 atom stereocenters. The van der Waals surface area contributed by atoms with Crippen LogP contribution in [-0.2, 0) is 6.42 Å². The fourth-order valence-corrected chi connectivity index (χ4v) is 2.48. The van der Waals surface area contributed by atoms with Crippen LogP contribution in [0.3, 0.4) is 0 Å². The molecule has 0 radical (unpaired) electrons. The highest BCUT2D eigenvalue weighted by molar-refractivity contribution is 6.20. The molecule has 2 aromatic rings. The number of hydrogen-bond acceptors (Lipinski definition) is 1. The molecule has 0 aliphatic carbocycles. The molecule has 17 heavy (non-hydrogen) atoms. The van der Waals surface area contributed by atoms with Crippen molar-refractivity contribution in [2.45, 2.75) is 38.0 Å². The summed E-state index contributed by atoms with van der Waals surface area (Å²) in [6, 6.07) is 10.5. The Labute approximate surface area is 108 Å². The maximum Gasteiger partial charge on any atom is 0.0704 e. The van der Waals surface area contributed by atoms with Crippen molar-refractivity contribution in [3.8, 4) is 0 Å². The number of fused-ring (bicyclic) bond motifs is 1. The van der Waals surface area contributed by atoms with Crippen molar-refractivity contribution in [2.75, 3.05) is 0 Å². The van der Waals surface area contributed by atoms with Gasteiger partial charge in [0, 0.05) is 17.0 Å². The molecule has 1 heterocycles. The SMILES string of the molecule is CCCC(Cl)CCc1cccc2ncccc12. The van der Waals surface area contributed by atoms with Crippen molar-refractivity contribution in [3.63, 3.8) is 0 Å². The second-order valence-electron chi connectivity index (χ2n) is 4.41. The number of aromatic nitrogens is 1. The van der Waals surface area contributed by atoms with Gasteiger partial charge in [-0.2, -0.15) is 0 Å². The molecule has 0 fully saturated rings. The van der Waals surface area contributed by atoms with Gasteiger partial charge in [0.1, 0.15) is 0 Å². The van der Waals surface area contributed by atoms with Gasteiger partial charge < -0.3 is 0 Å². The molecule has 0 amide bonds. The van der Waals surface area contributed by atoms with E-state index in [9.17, 15) is 0 Å². The minimum Gasteiger partial charge on any atom is -0.256 e. The quantitative estimate of drug-likeness (QED) is 0.705. The van der Waals surface area contributed by atoms with E-state index < -0.39 is 0 Å². The predicted molar refractivity (Wildman–Crippen MR) is 74.6 cm³/mol. The zero-order chi connectivity index (χ0) is 12.1. The topological polar surface area (TPSA) is 12.9 Å². The van der Waals surface area contributed by atoms with Gasteiger partial charge in [-0.05, 0) is 37.0 Å². The molecule has 1 aromatic heterocycles. The van der Waals surface area contributed by atoms with Crippen LogP contribution in [0.4, 0.5) is 0 Å². The summed E-state index contributed by atoms with van der Waals surface area (Å²) >= 11 is 6.27. The Kier molecular flexibility index (Phi) is 4.38. The van der Waals surface area contributed by atoms with Crippen LogP contribution >= 0.6 is 11.6 Å². The van der Waals surface area contributed by atoms with Crippen molar-refractivity contribution in [1.29, 1.82) is 0 Å². The second kappa shape index (κ2) is 6.02. The molecule has 1 unspecified atom stereocenters. The highest BCUT2D eigenvalue weighted by Crippen LogP contribution is 2.20. The molecule has 1 aromatic carbocycles. The van der Waals surface area contributed by atoms with Crippen LogP contribution in [0, 0.1) is 0 Å². The van der Waals surface area contributed by atoms with Gasteiger partial charge >= 0.3 is 0 Å². The standard InChI is InChI=1S/C15H18ClN/c1-2-5-13(16)10-9-12-6-3-8-15-14(12)7-4-11-17-15/h3-4,6-8,11,13H,2,5,9-10H2,1H3. The highest BCUT2D eigenvalue weighted by atomic mass is 35.5. The molecule has 0 spiro atoms. The van der Waals surface area contributed by atoms with E-state index in [0.717, 1.165) is 31.2 Å². The molecule has 2 heteroatoms. The number of alkyl halides is 1. The number of aryl methyl sites for hydroxylation is 1. The third-order valence-corrected chi connectivity index (χ3v) is 3.50. The molecule has 0 aliphatic heterocycles. The number of hydrogen-bond donors (Lipinski definition) is 0. The van der Waals surface area contributed by atoms with Crippen molar-refractivity contribution >= 4 is 22.5 Å². The Morgan fingerprint density at radius 1 is 1.18 bits per heavy atom. The molecule has 0 bridgehead atoms. The number of benzene rings is 1. The minimum atomic E-state index is 0.298. The average molecular weight is 248 g/mol. The maximum absolute atomic E-state index is 6.27. The van der Waals surface area contributed by atoms with Crippen LogP contribution < -0.4 is 0 Å². The summed E-state index contributed by atoms with van der Waals surface area (Å²) in [5.41, 5.74) is 2.43. The average Bonchev–Trinajstić information content (AvgIpc) is 2.36. The van der Waals surface area contributed by atoms with Crippen molar-refractivity contribution in [1.82, 2.24) is 4.98 Å². The molecule has 0 saturated heterocycles. The third-order valence-electron chi connectivity index (χ3n) is 3.06. The summed E-state index contributed by atoms with van der Waals surface area (Å²) in [6.45, 7) is 2.18. The Morgan fingerprint density at radius 2 is 2.06 bits per heavy atom. The highest BCUT2D eigenvalue weighted by Gasteiger charge is 2.06. The van der Waals surface area contributed by atoms with Crippen LogP contribution in [0.15, 0.2) is 36.5 Å². The smallest absolute Gasteiger partial charge is 0.0704 e. The van der Waals surface area contributed by atoms with Gasteiger partial charge in [-0.15, -0.1) is 11.6 Å². The number of pyridine rings is 1. The normalized spacial score (nSPS) is 12.8. The lowest BCUT2D eigenvalue weighted by molar-refractivity contribution is 0.677. The van der Waals surface area contributed by atoms with Crippen LogP contribution in [0.1, 0.15) is 31.7 Å². The Hall–Kier alpha value is -1.08. The van der Waals surface area contributed by atoms with Gasteiger partial charge in [-0.25, -0.2) is 0 Å². The van der Waals surface area contributed by atoms with E-state index in [1.807, 2.05) is 12.3 Å². The summed E-state index contributed by atoms with van der Waals surface area (Å²) in [4.78, 5) is 4.37. The van der Waals surface area contributed by atoms with Gasteiger partial charge in [0.25, 0.3) is 0 Å². The van der Waals surface area contributed by atoms with Crippen LogP contribution in [0.25, 0.3) is 10.9 Å². The Bertz CT molecular complexity index is 476. The van der Waals surface area contributed by atoms with Crippen LogP contribution in [-0.4, -0.2) is 10.4 Å². The molecule has 90 valence electrons. The summed E-state index contributed by atoms with van der Waals surface area (Å²) in [5, 5.41) is 1.56. The minimum absolute atomic E-state index is 0.298. The van der Waals surface area contributed by atoms with Gasteiger partial charge in [0.2, 0.25) is 0 Å². The van der Waals surface area contributed by atoms with Gasteiger partial charge in [-0.3, -0.25) is 4.98 Å². The molecular formula is C15H18ClN. The van der Waals surface area contributed by atoms with E-state index in [4.69, 9.17) is 11.6 Å². The first kappa shape index (κ1) is 12.4. The fraction of sp³-hybridized carbons (Fsp3) is 0.400. The Morgan fingerprint density at radius 3 is 2.88 bits per heavy atom. The lowest BCUT2D eigenvalue weighted by Gasteiger charge is -2.09. The fourth-order valence-electron chi connectivity index (χ4n) is 2.15. The summed E-state index contributed by atoms with van der Waals surface area (Å²) < 4.78 is 0.